The molecule has 0 atom stereocenters. The fourth-order valence-corrected chi connectivity index (χ4v) is 3.15. The highest BCUT2D eigenvalue weighted by atomic mass is 35.5. The quantitative estimate of drug-likeness (QED) is 0.823. The lowest BCUT2D eigenvalue weighted by Crippen LogP contribution is -2.49. The highest BCUT2D eigenvalue weighted by molar-refractivity contribution is 7.80. The molecule has 1 N–H and O–H groups in total. The fraction of sp³-hybridized carbons (Fsp3) is 0.312. The number of halogens is 2. The van der Waals surface area contributed by atoms with E-state index in [0.717, 1.165) is 44.2 Å². The Kier molecular flexibility index (Phi) is 5.43. The molecule has 0 unspecified atom stereocenters. The van der Waals surface area contributed by atoms with Crippen LogP contribution in [0.3, 0.4) is 0 Å². The van der Waals surface area contributed by atoms with Crippen molar-refractivity contribution in [3.8, 4) is 0 Å². The van der Waals surface area contributed by atoms with Gasteiger partial charge in [0.15, 0.2) is 5.11 Å². The summed E-state index contributed by atoms with van der Waals surface area (Å²) in [5.41, 5.74) is 0.738. The Hall–Kier alpha value is -1.27. The van der Waals surface area contributed by atoms with Crippen LogP contribution in [-0.4, -0.2) is 41.1 Å². The Morgan fingerprint density at radius 3 is 2.65 bits per heavy atom. The van der Waals surface area contributed by atoms with Crippen LogP contribution in [0.4, 0.5) is 5.69 Å². The maximum atomic E-state index is 6.16. The number of thiocarbonyl (C=S) groups is 1. The van der Waals surface area contributed by atoms with Crippen molar-refractivity contribution in [3.63, 3.8) is 0 Å². The molecule has 1 aromatic carbocycles. The first kappa shape index (κ1) is 16.6. The SMILES string of the molecule is S=C(Nc1cc(Cl)ccc1Cl)N1CCN(Cc2ccco2)CC1. The highest BCUT2D eigenvalue weighted by Crippen LogP contribution is 2.25. The number of hydrogen-bond acceptors (Lipinski definition) is 3. The van der Waals surface area contributed by atoms with Gasteiger partial charge < -0.3 is 14.6 Å². The lowest BCUT2D eigenvalue weighted by atomic mass is 10.3. The molecule has 1 fully saturated rings. The summed E-state index contributed by atoms with van der Waals surface area (Å²) in [6.07, 6.45) is 1.71. The van der Waals surface area contributed by atoms with E-state index >= 15 is 0 Å². The van der Waals surface area contributed by atoms with E-state index in [0.29, 0.717) is 15.2 Å². The van der Waals surface area contributed by atoms with E-state index in [9.17, 15) is 0 Å². The molecule has 1 saturated heterocycles. The van der Waals surface area contributed by atoms with Gasteiger partial charge in [0, 0.05) is 31.2 Å². The van der Waals surface area contributed by atoms with Crippen molar-refractivity contribution >= 4 is 46.2 Å². The summed E-state index contributed by atoms with van der Waals surface area (Å²) in [5, 5.41) is 5.09. The van der Waals surface area contributed by atoms with Crippen LogP contribution in [0, 0.1) is 0 Å². The molecule has 23 heavy (non-hydrogen) atoms. The van der Waals surface area contributed by atoms with Crippen molar-refractivity contribution in [2.75, 3.05) is 31.5 Å². The van der Waals surface area contributed by atoms with Crippen molar-refractivity contribution in [3.05, 3.63) is 52.4 Å². The molecular formula is C16H17Cl2N3OS. The Bertz CT molecular complexity index is 670. The summed E-state index contributed by atoms with van der Waals surface area (Å²) < 4.78 is 5.39. The molecule has 2 aromatic rings. The topological polar surface area (TPSA) is 31.6 Å². The summed E-state index contributed by atoms with van der Waals surface area (Å²) in [6, 6.07) is 9.21. The zero-order valence-electron chi connectivity index (χ0n) is 12.5. The average molecular weight is 370 g/mol. The molecule has 0 amide bonds. The van der Waals surface area contributed by atoms with Gasteiger partial charge in [-0.05, 0) is 42.5 Å². The van der Waals surface area contributed by atoms with Gasteiger partial charge in [-0.1, -0.05) is 23.2 Å². The first-order valence-electron chi connectivity index (χ1n) is 7.37. The van der Waals surface area contributed by atoms with Crippen molar-refractivity contribution in [1.82, 2.24) is 9.80 Å². The predicted octanol–water partition coefficient (Wildman–Crippen LogP) is 4.10. The Balaban J connectivity index is 1.53. The normalized spacial score (nSPS) is 15.7. The third-order valence-corrected chi connectivity index (χ3v) is 4.71. The maximum absolute atomic E-state index is 6.16. The summed E-state index contributed by atoms with van der Waals surface area (Å²) in [4.78, 5) is 4.50. The van der Waals surface area contributed by atoms with E-state index in [1.165, 1.54) is 0 Å². The van der Waals surface area contributed by atoms with Crippen molar-refractivity contribution in [1.29, 1.82) is 0 Å². The Morgan fingerprint density at radius 2 is 1.96 bits per heavy atom. The van der Waals surface area contributed by atoms with Crippen LogP contribution in [-0.2, 0) is 6.54 Å². The predicted molar refractivity (Wildman–Crippen MR) is 98.2 cm³/mol. The standard InChI is InChI=1S/C16H17Cl2N3OS/c17-12-3-4-14(18)15(10-12)19-16(23)21-7-5-20(6-8-21)11-13-2-1-9-22-13/h1-4,9-10H,5-8,11H2,(H,19,23). The van der Waals surface area contributed by atoms with Crippen LogP contribution in [0.2, 0.25) is 10.0 Å². The molecule has 0 aliphatic carbocycles. The second kappa shape index (κ2) is 7.53. The minimum atomic E-state index is 0.605. The third kappa shape index (κ3) is 4.38. The van der Waals surface area contributed by atoms with Gasteiger partial charge in [-0.25, -0.2) is 0 Å². The summed E-state index contributed by atoms with van der Waals surface area (Å²) >= 11 is 17.7. The summed E-state index contributed by atoms with van der Waals surface area (Å²) in [6.45, 7) is 4.44. The van der Waals surface area contributed by atoms with Crippen LogP contribution < -0.4 is 5.32 Å². The van der Waals surface area contributed by atoms with E-state index in [2.05, 4.69) is 15.1 Å². The second-order valence-electron chi connectivity index (χ2n) is 5.40. The molecule has 1 aliphatic heterocycles. The number of rotatable bonds is 3. The van der Waals surface area contributed by atoms with Crippen LogP contribution >= 0.6 is 35.4 Å². The minimum absolute atomic E-state index is 0.605. The minimum Gasteiger partial charge on any atom is -0.468 e. The van der Waals surface area contributed by atoms with Crippen LogP contribution in [0.25, 0.3) is 0 Å². The van der Waals surface area contributed by atoms with Gasteiger partial charge in [0.05, 0.1) is 23.5 Å². The van der Waals surface area contributed by atoms with E-state index in [-0.39, 0.29) is 0 Å². The van der Waals surface area contributed by atoms with Gasteiger partial charge in [0.1, 0.15) is 5.76 Å². The average Bonchev–Trinajstić information content (AvgIpc) is 3.04. The van der Waals surface area contributed by atoms with Gasteiger partial charge in [0.2, 0.25) is 0 Å². The lowest BCUT2D eigenvalue weighted by molar-refractivity contribution is 0.166. The number of piperazine rings is 1. The lowest BCUT2D eigenvalue weighted by Gasteiger charge is -2.35. The largest absolute Gasteiger partial charge is 0.468 e. The maximum Gasteiger partial charge on any atom is 0.173 e. The zero-order valence-corrected chi connectivity index (χ0v) is 14.8. The number of anilines is 1. The van der Waals surface area contributed by atoms with Gasteiger partial charge in [0.25, 0.3) is 0 Å². The van der Waals surface area contributed by atoms with Crippen LogP contribution in [0.5, 0.6) is 0 Å². The Labute approximate surface area is 151 Å². The molecule has 1 aliphatic rings. The van der Waals surface area contributed by atoms with E-state index in [1.54, 1.807) is 24.5 Å². The van der Waals surface area contributed by atoms with E-state index in [1.807, 2.05) is 12.1 Å². The Morgan fingerprint density at radius 1 is 1.17 bits per heavy atom. The van der Waals surface area contributed by atoms with Crippen molar-refractivity contribution < 1.29 is 4.42 Å². The molecule has 1 aromatic heterocycles. The fourth-order valence-electron chi connectivity index (χ4n) is 2.52. The molecule has 0 spiro atoms. The molecular weight excluding hydrogens is 353 g/mol. The zero-order chi connectivity index (χ0) is 16.2. The molecule has 7 heteroatoms. The van der Waals surface area contributed by atoms with Crippen LogP contribution in [0.1, 0.15) is 5.76 Å². The summed E-state index contributed by atoms with van der Waals surface area (Å²) in [5.74, 6) is 0.991. The first-order chi connectivity index (χ1) is 11.1. The molecule has 0 radical (unpaired) electrons. The monoisotopic (exact) mass is 369 g/mol. The van der Waals surface area contributed by atoms with Crippen molar-refractivity contribution in [2.24, 2.45) is 0 Å². The number of benzene rings is 1. The van der Waals surface area contributed by atoms with Crippen molar-refractivity contribution in [2.45, 2.75) is 6.54 Å². The molecule has 122 valence electrons. The third-order valence-electron chi connectivity index (χ3n) is 3.79. The smallest absolute Gasteiger partial charge is 0.173 e. The summed E-state index contributed by atoms with van der Waals surface area (Å²) in [7, 11) is 0. The molecule has 2 heterocycles. The number of hydrogen-bond donors (Lipinski definition) is 1. The second-order valence-corrected chi connectivity index (χ2v) is 6.63. The first-order valence-corrected chi connectivity index (χ1v) is 8.54. The van der Waals surface area contributed by atoms with E-state index < -0.39 is 0 Å². The number of nitrogens with one attached hydrogen (secondary N) is 1. The molecule has 0 saturated carbocycles. The van der Waals surface area contributed by atoms with Gasteiger partial charge in [-0.2, -0.15) is 0 Å². The van der Waals surface area contributed by atoms with Gasteiger partial charge in [-0.15, -0.1) is 0 Å². The van der Waals surface area contributed by atoms with Gasteiger partial charge in [-0.3, -0.25) is 4.90 Å². The molecule has 4 nitrogen and oxygen atoms in total. The van der Waals surface area contributed by atoms with Gasteiger partial charge >= 0.3 is 0 Å². The molecule has 3 rings (SSSR count). The molecule has 0 bridgehead atoms. The number of furan rings is 1. The highest BCUT2D eigenvalue weighted by Gasteiger charge is 2.20. The number of nitrogens with zero attached hydrogens (tertiary/aromatic N) is 2. The van der Waals surface area contributed by atoms with Crippen LogP contribution in [0.15, 0.2) is 41.0 Å². The van der Waals surface area contributed by atoms with E-state index in [4.69, 9.17) is 39.8 Å².